The lowest BCUT2D eigenvalue weighted by atomic mass is 10.3. The third-order valence-electron chi connectivity index (χ3n) is 1.54. The highest BCUT2D eigenvalue weighted by molar-refractivity contribution is 7.13. The number of aromatic nitrogens is 2. The van der Waals surface area contributed by atoms with Crippen LogP contribution in [0.5, 0.6) is 0 Å². The maximum atomic E-state index is 5.95. The first-order valence-electron chi connectivity index (χ1n) is 3.26. The monoisotopic (exact) mass is 218 g/mol. The number of aryl methyl sites for hydroxylation is 1. The van der Waals surface area contributed by atoms with Gasteiger partial charge in [-0.2, -0.15) is 4.37 Å². The number of hydrogen-bond donors (Lipinski definition) is 0. The Morgan fingerprint density at radius 2 is 2.17 bits per heavy atom. The SMILES string of the molecule is Cc1nsc2nc(Cl)cc(Cl)c12. The van der Waals surface area contributed by atoms with E-state index in [0.717, 1.165) is 15.9 Å². The Morgan fingerprint density at radius 3 is 2.92 bits per heavy atom. The summed E-state index contributed by atoms with van der Waals surface area (Å²) < 4.78 is 4.13. The van der Waals surface area contributed by atoms with Crippen molar-refractivity contribution in [1.29, 1.82) is 0 Å². The van der Waals surface area contributed by atoms with E-state index in [0.29, 0.717) is 10.2 Å². The molecule has 0 bridgehead atoms. The molecule has 2 aromatic heterocycles. The fraction of sp³-hybridized carbons (Fsp3) is 0.143. The minimum Gasteiger partial charge on any atom is -0.223 e. The second-order valence-corrected chi connectivity index (χ2v) is 3.92. The van der Waals surface area contributed by atoms with Crippen LogP contribution in [0, 0.1) is 6.92 Å². The van der Waals surface area contributed by atoms with Crippen molar-refractivity contribution in [3.63, 3.8) is 0 Å². The van der Waals surface area contributed by atoms with Crippen molar-refractivity contribution in [2.45, 2.75) is 6.92 Å². The summed E-state index contributed by atoms with van der Waals surface area (Å²) in [6.07, 6.45) is 0. The number of rotatable bonds is 0. The fourth-order valence-electron chi connectivity index (χ4n) is 1.02. The molecule has 0 aliphatic rings. The number of pyridine rings is 1. The summed E-state index contributed by atoms with van der Waals surface area (Å²) in [5.74, 6) is 0. The van der Waals surface area contributed by atoms with Crippen LogP contribution < -0.4 is 0 Å². The van der Waals surface area contributed by atoms with Gasteiger partial charge in [-0.1, -0.05) is 23.2 Å². The van der Waals surface area contributed by atoms with E-state index in [1.165, 1.54) is 11.5 Å². The predicted octanol–water partition coefficient (Wildman–Crippen LogP) is 3.31. The third-order valence-corrected chi connectivity index (χ3v) is 2.86. The van der Waals surface area contributed by atoms with Crippen molar-refractivity contribution in [2.75, 3.05) is 0 Å². The van der Waals surface area contributed by atoms with Gasteiger partial charge in [0.1, 0.15) is 9.98 Å². The van der Waals surface area contributed by atoms with Crippen LogP contribution in [0.3, 0.4) is 0 Å². The summed E-state index contributed by atoms with van der Waals surface area (Å²) in [5, 5.41) is 1.94. The van der Waals surface area contributed by atoms with Crippen LogP contribution >= 0.6 is 34.7 Å². The third kappa shape index (κ3) is 1.18. The van der Waals surface area contributed by atoms with Gasteiger partial charge in [0.2, 0.25) is 0 Å². The fourth-order valence-corrected chi connectivity index (χ4v) is 2.50. The Labute approximate surface area is 83.3 Å². The molecule has 0 unspecified atom stereocenters. The van der Waals surface area contributed by atoms with Gasteiger partial charge < -0.3 is 0 Å². The van der Waals surface area contributed by atoms with Crippen LogP contribution in [0.2, 0.25) is 10.2 Å². The Balaban J connectivity index is 2.93. The van der Waals surface area contributed by atoms with Crippen LogP contribution in [-0.4, -0.2) is 9.36 Å². The second-order valence-electron chi connectivity index (χ2n) is 2.37. The molecule has 0 aromatic carbocycles. The van der Waals surface area contributed by atoms with Gasteiger partial charge in [0.25, 0.3) is 0 Å². The van der Waals surface area contributed by atoms with E-state index in [1.54, 1.807) is 6.07 Å². The lowest BCUT2D eigenvalue weighted by Crippen LogP contribution is -1.77. The molecule has 0 atom stereocenters. The van der Waals surface area contributed by atoms with Crippen LogP contribution in [0.4, 0.5) is 0 Å². The lowest BCUT2D eigenvalue weighted by molar-refractivity contribution is 1.37. The first-order chi connectivity index (χ1) is 5.68. The second kappa shape index (κ2) is 2.83. The molecule has 0 fully saturated rings. The maximum Gasteiger partial charge on any atom is 0.146 e. The first-order valence-corrected chi connectivity index (χ1v) is 4.79. The zero-order valence-corrected chi connectivity index (χ0v) is 8.46. The zero-order valence-electron chi connectivity index (χ0n) is 6.14. The van der Waals surface area contributed by atoms with Crippen molar-refractivity contribution in [1.82, 2.24) is 9.36 Å². The molecule has 0 aliphatic carbocycles. The topological polar surface area (TPSA) is 25.8 Å². The number of hydrogen-bond acceptors (Lipinski definition) is 3. The smallest absolute Gasteiger partial charge is 0.146 e. The van der Waals surface area contributed by atoms with Crippen molar-refractivity contribution >= 4 is 45.0 Å². The van der Waals surface area contributed by atoms with Crippen molar-refractivity contribution in [2.24, 2.45) is 0 Å². The molecule has 12 heavy (non-hydrogen) atoms. The Kier molecular flexibility index (Phi) is 1.94. The average molecular weight is 219 g/mol. The number of halogens is 2. The molecular weight excluding hydrogens is 215 g/mol. The quantitative estimate of drug-likeness (QED) is 0.635. The summed E-state index contributed by atoms with van der Waals surface area (Å²) >= 11 is 13.0. The van der Waals surface area contributed by atoms with Gasteiger partial charge in [0.15, 0.2) is 0 Å². The Hall–Kier alpha value is -0.380. The zero-order chi connectivity index (χ0) is 8.72. The standard InChI is InChI=1S/C7H4Cl2N2S/c1-3-6-4(8)2-5(9)10-7(6)12-11-3/h2H,1H3. The molecule has 5 heteroatoms. The van der Waals surface area contributed by atoms with E-state index in [9.17, 15) is 0 Å². The highest BCUT2D eigenvalue weighted by atomic mass is 35.5. The van der Waals surface area contributed by atoms with E-state index in [2.05, 4.69) is 9.36 Å². The molecule has 0 saturated heterocycles. The molecule has 2 nitrogen and oxygen atoms in total. The maximum absolute atomic E-state index is 5.95. The molecule has 2 rings (SSSR count). The molecule has 0 saturated carbocycles. The van der Waals surface area contributed by atoms with Gasteiger partial charge in [0.05, 0.1) is 16.1 Å². The number of fused-ring (bicyclic) bond motifs is 1. The molecule has 0 amide bonds. The molecule has 2 aromatic rings. The predicted molar refractivity (Wildman–Crippen MR) is 52.2 cm³/mol. The van der Waals surface area contributed by atoms with Crippen LogP contribution in [0.25, 0.3) is 10.2 Å². The van der Waals surface area contributed by atoms with Gasteiger partial charge in [-0.25, -0.2) is 4.98 Å². The largest absolute Gasteiger partial charge is 0.223 e. The van der Waals surface area contributed by atoms with Crippen molar-refractivity contribution in [3.05, 3.63) is 21.9 Å². The summed E-state index contributed by atoms with van der Waals surface area (Å²) in [4.78, 5) is 4.89. The van der Waals surface area contributed by atoms with E-state index >= 15 is 0 Å². The minimum absolute atomic E-state index is 0.413. The van der Waals surface area contributed by atoms with Crippen LogP contribution in [0.15, 0.2) is 6.07 Å². The van der Waals surface area contributed by atoms with Crippen molar-refractivity contribution < 1.29 is 0 Å². The molecule has 0 radical (unpaired) electrons. The van der Waals surface area contributed by atoms with Gasteiger partial charge in [-0.15, -0.1) is 0 Å². The summed E-state index contributed by atoms with van der Waals surface area (Å²) in [6, 6.07) is 1.63. The summed E-state index contributed by atoms with van der Waals surface area (Å²) in [5.41, 5.74) is 0.907. The normalized spacial score (nSPS) is 10.9. The van der Waals surface area contributed by atoms with E-state index < -0.39 is 0 Å². The number of nitrogens with zero attached hydrogens (tertiary/aromatic N) is 2. The van der Waals surface area contributed by atoms with Gasteiger partial charge in [-0.05, 0) is 24.5 Å². The molecule has 62 valence electrons. The molecule has 0 aliphatic heterocycles. The highest BCUT2D eigenvalue weighted by Gasteiger charge is 2.08. The first kappa shape index (κ1) is 8.23. The van der Waals surface area contributed by atoms with E-state index in [4.69, 9.17) is 23.2 Å². The summed E-state index contributed by atoms with van der Waals surface area (Å²) in [6.45, 7) is 1.90. The van der Waals surface area contributed by atoms with Gasteiger partial charge >= 0.3 is 0 Å². The Bertz CT molecular complexity index is 438. The van der Waals surface area contributed by atoms with Gasteiger partial charge in [0, 0.05) is 0 Å². The lowest BCUT2D eigenvalue weighted by Gasteiger charge is -1.94. The van der Waals surface area contributed by atoms with E-state index in [1.807, 2.05) is 6.92 Å². The highest BCUT2D eigenvalue weighted by Crippen LogP contribution is 2.29. The van der Waals surface area contributed by atoms with Crippen molar-refractivity contribution in [3.8, 4) is 0 Å². The van der Waals surface area contributed by atoms with Gasteiger partial charge in [-0.3, -0.25) is 0 Å². The van der Waals surface area contributed by atoms with Crippen LogP contribution in [0.1, 0.15) is 5.69 Å². The Morgan fingerprint density at radius 1 is 1.42 bits per heavy atom. The molecular formula is C7H4Cl2N2S. The van der Waals surface area contributed by atoms with E-state index in [-0.39, 0.29) is 0 Å². The molecule has 0 N–H and O–H groups in total. The molecule has 0 spiro atoms. The minimum atomic E-state index is 0.413. The molecule has 2 heterocycles. The van der Waals surface area contributed by atoms with Crippen LogP contribution in [-0.2, 0) is 0 Å². The summed E-state index contributed by atoms with van der Waals surface area (Å²) in [7, 11) is 0. The average Bonchev–Trinajstić information content (AvgIpc) is 2.31.